The maximum atomic E-state index is 11.1. The third-order valence-electron chi connectivity index (χ3n) is 1.70. The molecular formula is C8H16N2O3. The zero-order chi connectivity index (χ0) is 10.4. The lowest BCUT2D eigenvalue weighted by molar-refractivity contribution is -0.144. The Labute approximate surface area is 77.7 Å². The van der Waals surface area contributed by atoms with E-state index in [0.717, 1.165) is 0 Å². The summed E-state index contributed by atoms with van der Waals surface area (Å²) in [6.07, 6.45) is 0.0136. The van der Waals surface area contributed by atoms with Gasteiger partial charge in [0.2, 0.25) is 5.91 Å². The third-order valence-corrected chi connectivity index (χ3v) is 1.70. The number of nitrogens with one attached hydrogen (secondary N) is 1. The number of rotatable bonds is 5. The number of hydrogen-bond donors (Lipinski definition) is 2. The summed E-state index contributed by atoms with van der Waals surface area (Å²) in [5.74, 6) is -1.85. The van der Waals surface area contributed by atoms with Crippen molar-refractivity contribution in [3.63, 3.8) is 0 Å². The first-order chi connectivity index (χ1) is 5.97. The van der Waals surface area contributed by atoms with Gasteiger partial charge in [0, 0.05) is 20.0 Å². The molecule has 0 aromatic carbocycles. The highest BCUT2D eigenvalue weighted by Gasteiger charge is 2.15. The first kappa shape index (κ1) is 11.9. The summed E-state index contributed by atoms with van der Waals surface area (Å²) in [4.78, 5) is 21.5. The molecule has 1 unspecified atom stereocenters. The van der Waals surface area contributed by atoms with E-state index >= 15 is 0 Å². The molecule has 0 aromatic heterocycles. The number of hydrazine groups is 1. The van der Waals surface area contributed by atoms with Crippen molar-refractivity contribution in [2.45, 2.75) is 20.3 Å². The molecule has 2 N–H and O–H groups in total. The zero-order valence-electron chi connectivity index (χ0n) is 8.20. The molecule has 0 saturated carbocycles. The van der Waals surface area contributed by atoms with E-state index in [2.05, 4.69) is 5.43 Å². The predicted octanol–water partition coefficient (Wildman–Crippen LogP) is 0.0801. The molecule has 5 heteroatoms. The Morgan fingerprint density at radius 3 is 2.46 bits per heavy atom. The average Bonchev–Trinajstić information content (AvgIpc) is 2.03. The molecule has 0 spiro atoms. The number of carbonyl (C=O) groups excluding carboxylic acids is 1. The SMILES string of the molecule is CCN(C)NC(=O)CC(C)C(=O)O. The first-order valence-electron chi connectivity index (χ1n) is 4.20. The highest BCUT2D eigenvalue weighted by Crippen LogP contribution is 2.00. The molecule has 0 aromatic rings. The Morgan fingerprint density at radius 2 is 2.08 bits per heavy atom. The van der Waals surface area contributed by atoms with Crippen molar-refractivity contribution < 1.29 is 14.7 Å². The van der Waals surface area contributed by atoms with Crippen molar-refractivity contribution in [2.24, 2.45) is 5.92 Å². The predicted molar refractivity (Wildman–Crippen MR) is 47.9 cm³/mol. The first-order valence-corrected chi connectivity index (χ1v) is 4.20. The van der Waals surface area contributed by atoms with Crippen LogP contribution >= 0.6 is 0 Å². The van der Waals surface area contributed by atoms with E-state index in [1.165, 1.54) is 6.92 Å². The molecule has 0 aliphatic carbocycles. The fourth-order valence-electron chi connectivity index (χ4n) is 0.703. The number of amides is 1. The lowest BCUT2D eigenvalue weighted by Gasteiger charge is -2.16. The number of aliphatic carboxylic acids is 1. The topological polar surface area (TPSA) is 69.6 Å². The maximum absolute atomic E-state index is 11.1. The molecule has 0 aliphatic rings. The highest BCUT2D eigenvalue weighted by molar-refractivity contribution is 5.81. The van der Waals surface area contributed by atoms with Crippen LogP contribution in [0.5, 0.6) is 0 Å². The largest absolute Gasteiger partial charge is 0.481 e. The summed E-state index contributed by atoms with van der Waals surface area (Å²) in [5, 5.41) is 10.1. The van der Waals surface area contributed by atoms with E-state index in [-0.39, 0.29) is 12.3 Å². The van der Waals surface area contributed by atoms with Crippen molar-refractivity contribution in [1.82, 2.24) is 10.4 Å². The molecule has 0 rings (SSSR count). The molecule has 0 heterocycles. The smallest absolute Gasteiger partial charge is 0.306 e. The van der Waals surface area contributed by atoms with Gasteiger partial charge >= 0.3 is 5.97 Å². The summed E-state index contributed by atoms with van der Waals surface area (Å²) in [6, 6.07) is 0. The van der Waals surface area contributed by atoms with Crippen LogP contribution in [0, 0.1) is 5.92 Å². The van der Waals surface area contributed by atoms with Crippen LogP contribution in [-0.4, -0.2) is 35.6 Å². The molecular weight excluding hydrogens is 172 g/mol. The Balaban J connectivity index is 3.81. The molecule has 0 bridgehead atoms. The molecule has 5 nitrogen and oxygen atoms in total. The summed E-state index contributed by atoms with van der Waals surface area (Å²) >= 11 is 0. The van der Waals surface area contributed by atoms with Crippen LogP contribution < -0.4 is 5.43 Å². The van der Waals surface area contributed by atoms with Gasteiger partial charge in [0.05, 0.1) is 5.92 Å². The summed E-state index contributed by atoms with van der Waals surface area (Å²) in [6.45, 7) is 4.09. The number of hydrogen-bond acceptors (Lipinski definition) is 3. The van der Waals surface area contributed by atoms with Gasteiger partial charge in [-0.2, -0.15) is 0 Å². The van der Waals surface area contributed by atoms with Gasteiger partial charge in [-0.25, -0.2) is 5.01 Å². The molecule has 0 saturated heterocycles. The van der Waals surface area contributed by atoms with Gasteiger partial charge < -0.3 is 5.11 Å². The van der Waals surface area contributed by atoms with Crippen LogP contribution in [0.25, 0.3) is 0 Å². The van der Waals surface area contributed by atoms with E-state index in [0.29, 0.717) is 6.54 Å². The van der Waals surface area contributed by atoms with Gasteiger partial charge in [-0.05, 0) is 0 Å². The van der Waals surface area contributed by atoms with Crippen LogP contribution in [0.2, 0.25) is 0 Å². The Hall–Kier alpha value is -1.10. The lowest BCUT2D eigenvalue weighted by atomic mass is 10.1. The average molecular weight is 188 g/mol. The monoisotopic (exact) mass is 188 g/mol. The van der Waals surface area contributed by atoms with Gasteiger partial charge in [-0.1, -0.05) is 13.8 Å². The number of carboxylic acids is 1. The number of carbonyl (C=O) groups is 2. The molecule has 76 valence electrons. The van der Waals surface area contributed by atoms with Gasteiger partial charge in [0.15, 0.2) is 0 Å². The summed E-state index contributed by atoms with van der Waals surface area (Å²) in [7, 11) is 1.73. The summed E-state index contributed by atoms with van der Waals surface area (Å²) in [5.41, 5.74) is 2.55. The van der Waals surface area contributed by atoms with Crippen molar-refractivity contribution in [3.8, 4) is 0 Å². The number of carboxylic acid groups (broad SMARTS) is 1. The second kappa shape index (κ2) is 5.53. The molecule has 0 radical (unpaired) electrons. The van der Waals surface area contributed by atoms with Crippen LogP contribution in [0.3, 0.4) is 0 Å². The lowest BCUT2D eigenvalue weighted by Crippen LogP contribution is -2.40. The number of nitrogens with zero attached hydrogens (tertiary/aromatic N) is 1. The van der Waals surface area contributed by atoms with E-state index in [1.54, 1.807) is 12.1 Å². The van der Waals surface area contributed by atoms with Gasteiger partial charge in [-0.15, -0.1) is 0 Å². The normalized spacial score (nSPS) is 12.6. The fourth-order valence-corrected chi connectivity index (χ4v) is 0.703. The van der Waals surface area contributed by atoms with Gasteiger partial charge in [-0.3, -0.25) is 15.0 Å². The van der Waals surface area contributed by atoms with Crippen LogP contribution in [0.15, 0.2) is 0 Å². The van der Waals surface area contributed by atoms with Crippen molar-refractivity contribution in [3.05, 3.63) is 0 Å². The minimum atomic E-state index is -0.950. The third kappa shape index (κ3) is 5.19. The summed E-state index contributed by atoms with van der Waals surface area (Å²) < 4.78 is 0. The van der Waals surface area contributed by atoms with Crippen molar-refractivity contribution in [2.75, 3.05) is 13.6 Å². The van der Waals surface area contributed by atoms with E-state index in [4.69, 9.17) is 5.11 Å². The second-order valence-corrected chi connectivity index (χ2v) is 2.99. The van der Waals surface area contributed by atoms with Crippen LogP contribution in [-0.2, 0) is 9.59 Å². The molecule has 0 aliphatic heterocycles. The standard InChI is InChI=1S/C8H16N2O3/c1-4-10(3)9-7(11)5-6(2)8(12)13/h6H,4-5H2,1-3H3,(H,9,11)(H,12,13). The highest BCUT2D eigenvalue weighted by atomic mass is 16.4. The zero-order valence-corrected chi connectivity index (χ0v) is 8.20. The fraction of sp³-hybridized carbons (Fsp3) is 0.750. The van der Waals surface area contributed by atoms with Crippen LogP contribution in [0.1, 0.15) is 20.3 Å². The van der Waals surface area contributed by atoms with E-state index < -0.39 is 11.9 Å². The molecule has 0 fully saturated rings. The minimum Gasteiger partial charge on any atom is -0.481 e. The Morgan fingerprint density at radius 1 is 1.54 bits per heavy atom. The minimum absolute atomic E-state index is 0.0136. The van der Waals surface area contributed by atoms with E-state index in [9.17, 15) is 9.59 Å². The van der Waals surface area contributed by atoms with Crippen molar-refractivity contribution in [1.29, 1.82) is 0 Å². The quantitative estimate of drug-likeness (QED) is 0.599. The van der Waals surface area contributed by atoms with E-state index in [1.807, 2.05) is 6.92 Å². The van der Waals surface area contributed by atoms with Crippen LogP contribution in [0.4, 0.5) is 0 Å². The second-order valence-electron chi connectivity index (χ2n) is 2.99. The van der Waals surface area contributed by atoms with Gasteiger partial charge in [0.25, 0.3) is 0 Å². The Kier molecular flexibility index (Phi) is 5.06. The van der Waals surface area contributed by atoms with Gasteiger partial charge in [0.1, 0.15) is 0 Å². The molecule has 13 heavy (non-hydrogen) atoms. The Bertz CT molecular complexity index is 194. The molecule has 1 atom stereocenters. The van der Waals surface area contributed by atoms with Crippen molar-refractivity contribution >= 4 is 11.9 Å². The molecule has 1 amide bonds. The maximum Gasteiger partial charge on any atom is 0.306 e.